The van der Waals surface area contributed by atoms with Gasteiger partial charge < -0.3 is 0 Å². The van der Waals surface area contributed by atoms with Gasteiger partial charge in [0.25, 0.3) is 11.4 Å². The molecule has 0 aliphatic rings. The Morgan fingerprint density at radius 2 is 1.53 bits per heavy atom. The van der Waals surface area contributed by atoms with Crippen LogP contribution in [0.2, 0.25) is 0 Å². The SMILES string of the molecule is O=[N+]([O-])c1ccccc1.O=[N+]([O-])c1ccccc1S(=O)(=O)NCCc1cccnc1. The van der Waals surface area contributed by atoms with E-state index >= 15 is 0 Å². The highest BCUT2D eigenvalue weighted by Crippen LogP contribution is 2.22. The lowest BCUT2D eigenvalue weighted by Gasteiger charge is -2.07. The summed E-state index contributed by atoms with van der Waals surface area (Å²) >= 11 is 0. The van der Waals surface area contributed by atoms with Crippen LogP contribution >= 0.6 is 0 Å². The Hall–Kier alpha value is -3.70. The lowest BCUT2D eigenvalue weighted by molar-refractivity contribution is -0.387. The van der Waals surface area contributed by atoms with E-state index in [4.69, 9.17) is 0 Å². The van der Waals surface area contributed by atoms with Crippen LogP contribution in [-0.4, -0.2) is 29.8 Å². The van der Waals surface area contributed by atoms with Gasteiger partial charge in [-0.05, 0) is 24.1 Å². The molecule has 2 aromatic carbocycles. The number of rotatable bonds is 7. The molecule has 0 fully saturated rings. The van der Waals surface area contributed by atoms with Crippen LogP contribution in [0.4, 0.5) is 11.4 Å². The lowest BCUT2D eigenvalue weighted by Crippen LogP contribution is -2.26. The van der Waals surface area contributed by atoms with E-state index in [-0.39, 0.29) is 17.1 Å². The first kappa shape index (κ1) is 22.6. The average molecular weight is 430 g/mol. The minimum atomic E-state index is -3.92. The fourth-order valence-electron chi connectivity index (χ4n) is 2.34. The Balaban J connectivity index is 0.000000297. The highest BCUT2D eigenvalue weighted by molar-refractivity contribution is 7.89. The third-order valence-electron chi connectivity index (χ3n) is 3.75. The first-order chi connectivity index (χ1) is 14.3. The van der Waals surface area contributed by atoms with Crippen molar-refractivity contribution in [3.63, 3.8) is 0 Å². The number of hydrogen-bond donors (Lipinski definition) is 1. The summed E-state index contributed by atoms with van der Waals surface area (Å²) in [6.45, 7) is 0.139. The van der Waals surface area contributed by atoms with Crippen molar-refractivity contribution in [2.45, 2.75) is 11.3 Å². The van der Waals surface area contributed by atoms with E-state index in [1.165, 1.54) is 30.3 Å². The van der Waals surface area contributed by atoms with Gasteiger partial charge in [-0.3, -0.25) is 25.2 Å². The Bertz CT molecular complexity index is 1090. The molecule has 30 heavy (non-hydrogen) atoms. The molecule has 1 heterocycles. The largest absolute Gasteiger partial charge is 0.289 e. The molecule has 10 nitrogen and oxygen atoms in total. The van der Waals surface area contributed by atoms with Crippen LogP contribution in [-0.2, 0) is 16.4 Å². The summed E-state index contributed by atoms with van der Waals surface area (Å²) in [7, 11) is -3.92. The Morgan fingerprint density at radius 1 is 0.867 bits per heavy atom. The van der Waals surface area contributed by atoms with Gasteiger partial charge in [-0.15, -0.1) is 0 Å². The summed E-state index contributed by atoms with van der Waals surface area (Å²) < 4.78 is 26.6. The molecule has 0 radical (unpaired) electrons. The molecule has 0 unspecified atom stereocenters. The number of para-hydroxylation sites is 2. The highest BCUT2D eigenvalue weighted by Gasteiger charge is 2.24. The second-order valence-electron chi connectivity index (χ2n) is 5.83. The van der Waals surface area contributed by atoms with Gasteiger partial charge in [-0.1, -0.05) is 36.4 Å². The zero-order chi connectivity index (χ0) is 22.0. The number of non-ortho nitro benzene ring substituents is 1. The molecule has 3 aromatic rings. The van der Waals surface area contributed by atoms with Gasteiger partial charge in [0.2, 0.25) is 10.0 Å². The molecule has 3 rings (SSSR count). The van der Waals surface area contributed by atoms with Crippen LogP contribution < -0.4 is 4.72 Å². The smallest absolute Gasteiger partial charge is 0.264 e. The molecule has 11 heteroatoms. The van der Waals surface area contributed by atoms with Crippen LogP contribution in [0.3, 0.4) is 0 Å². The van der Waals surface area contributed by atoms with Crippen LogP contribution in [0.5, 0.6) is 0 Å². The molecule has 0 aliphatic heterocycles. The van der Waals surface area contributed by atoms with Crippen molar-refractivity contribution in [2.24, 2.45) is 0 Å². The lowest BCUT2D eigenvalue weighted by atomic mass is 10.2. The first-order valence-electron chi connectivity index (χ1n) is 8.62. The molecular formula is C19H18N4O6S. The van der Waals surface area contributed by atoms with E-state index in [2.05, 4.69) is 9.71 Å². The van der Waals surface area contributed by atoms with E-state index in [9.17, 15) is 28.6 Å². The van der Waals surface area contributed by atoms with E-state index < -0.39 is 25.6 Å². The van der Waals surface area contributed by atoms with E-state index in [1.807, 2.05) is 6.07 Å². The van der Waals surface area contributed by atoms with Crippen molar-refractivity contribution in [2.75, 3.05) is 6.54 Å². The standard InChI is InChI=1S/C13H13N3O4S.C6H5NO2/c17-16(18)12-5-1-2-6-13(12)21(19,20)15-9-7-11-4-3-8-14-10-11;8-7(9)6-4-2-1-3-5-6/h1-6,8,10,15H,7,9H2;1-5H. The zero-order valence-electron chi connectivity index (χ0n) is 15.6. The zero-order valence-corrected chi connectivity index (χ0v) is 16.4. The number of nitro groups is 2. The Kier molecular flexibility index (Phi) is 8.08. The predicted octanol–water partition coefficient (Wildman–Crippen LogP) is 3.11. The molecule has 0 aliphatic carbocycles. The van der Waals surface area contributed by atoms with Crippen molar-refractivity contribution in [3.8, 4) is 0 Å². The maximum atomic E-state index is 12.1. The van der Waals surface area contributed by atoms with Crippen LogP contribution in [0, 0.1) is 20.2 Å². The van der Waals surface area contributed by atoms with Crippen molar-refractivity contribution in [1.29, 1.82) is 0 Å². The number of sulfonamides is 1. The minimum absolute atomic E-state index is 0.137. The van der Waals surface area contributed by atoms with Crippen molar-refractivity contribution in [1.82, 2.24) is 9.71 Å². The molecule has 0 saturated carbocycles. The Morgan fingerprint density at radius 3 is 2.10 bits per heavy atom. The molecule has 0 amide bonds. The van der Waals surface area contributed by atoms with Gasteiger partial charge in [0.15, 0.2) is 4.90 Å². The number of nitro benzene ring substituents is 2. The average Bonchev–Trinajstić information content (AvgIpc) is 2.75. The summed E-state index contributed by atoms with van der Waals surface area (Å²) in [5.74, 6) is 0. The van der Waals surface area contributed by atoms with Crippen LogP contribution in [0.1, 0.15) is 5.56 Å². The quantitative estimate of drug-likeness (QED) is 0.447. The monoisotopic (exact) mass is 430 g/mol. The van der Waals surface area contributed by atoms with Crippen LogP contribution in [0.25, 0.3) is 0 Å². The predicted molar refractivity (Wildman–Crippen MR) is 109 cm³/mol. The van der Waals surface area contributed by atoms with Crippen molar-refractivity contribution in [3.05, 3.63) is 105 Å². The summed E-state index contributed by atoms with van der Waals surface area (Å²) in [6, 6.07) is 16.8. The molecule has 0 atom stereocenters. The van der Waals surface area contributed by atoms with E-state index in [1.54, 1.807) is 36.7 Å². The van der Waals surface area contributed by atoms with Gasteiger partial charge >= 0.3 is 0 Å². The van der Waals surface area contributed by atoms with Crippen molar-refractivity contribution >= 4 is 21.4 Å². The van der Waals surface area contributed by atoms with Gasteiger partial charge in [-0.2, -0.15) is 0 Å². The van der Waals surface area contributed by atoms with Gasteiger partial charge in [-0.25, -0.2) is 13.1 Å². The summed E-state index contributed by atoms with van der Waals surface area (Å²) in [6.07, 6.45) is 3.72. The van der Waals surface area contributed by atoms with Crippen molar-refractivity contribution < 1.29 is 18.3 Å². The summed E-state index contributed by atoms with van der Waals surface area (Å²) in [5.41, 5.74) is 0.576. The number of aromatic nitrogens is 1. The number of nitrogens with zero attached hydrogens (tertiary/aromatic N) is 3. The molecule has 1 aromatic heterocycles. The molecule has 156 valence electrons. The third-order valence-corrected chi connectivity index (χ3v) is 5.26. The molecule has 0 spiro atoms. The number of nitrogens with one attached hydrogen (secondary N) is 1. The van der Waals surface area contributed by atoms with Gasteiger partial charge in [0.1, 0.15) is 0 Å². The van der Waals surface area contributed by atoms with E-state index in [0.717, 1.165) is 11.6 Å². The molecule has 1 N–H and O–H groups in total. The summed E-state index contributed by atoms with van der Waals surface area (Å²) in [4.78, 5) is 23.3. The van der Waals surface area contributed by atoms with Crippen LogP contribution in [0.15, 0.2) is 84.0 Å². The normalized spacial score (nSPS) is 10.5. The second-order valence-corrected chi connectivity index (χ2v) is 7.56. The number of benzene rings is 2. The van der Waals surface area contributed by atoms with Gasteiger partial charge in [0, 0.05) is 37.1 Å². The molecule has 0 saturated heterocycles. The van der Waals surface area contributed by atoms with E-state index in [0.29, 0.717) is 6.42 Å². The minimum Gasteiger partial charge on any atom is -0.264 e. The fraction of sp³-hybridized carbons (Fsp3) is 0.105. The maximum Gasteiger partial charge on any atom is 0.289 e. The first-order valence-corrected chi connectivity index (χ1v) is 10.1. The number of hydrogen-bond acceptors (Lipinski definition) is 7. The Labute approximate surface area is 172 Å². The topological polar surface area (TPSA) is 145 Å². The molecule has 0 bridgehead atoms. The fourth-order valence-corrected chi connectivity index (χ4v) is 3.54. The summed E-state index contributed by atoms with van der Waals surface area (Å²) in [5, 5.41) is 20.9. The number of pyridine rings is 1. The molecular weight excluding hydrogens is 412 g/mol. The van der Waals surface area contributed by atoms with Gasteiger partial charge in [0.05, 0.1) is 9.85 Å². The highest BCUT2D eigenvalue weighted by atomic mass is 32.2. The maximum absolute atomic E-state index is 12.1. The third kappa shape index (κ3) is 6.72. The second kappa shape index (κ2) is 10.7.